The SMILES string of the molecule is Cl.Cl.Cl.NC(Cc1ccc(OCCCCN2CCC(=C3c4ccc(Cl)cc4CCc4cccnc43)CC2)cc1)C(=O)O. The minimum absolute atomic E-state index is 0. The third kappa shape index (κ3) is 9.09. The Morgan fingerprint density at radius 1 is 0.976 bits per heavy atom. The number of likely N-dealkylation sites (tertiary alicyclic amines) is 1. The maximum atomic E-state index is 10.9. The van der Waals surface area contributed by atoms with Gasteiger partial charge in [-0.1, -0.05) is 41.4 Å². The molecule has 2 heterocycles. The van der Waals surface area contributed by atoms with Crippen molar-refractivity contribution in [2.75, 3.05) is 26.2 Å². The van der Waals surface area contributed by atoms with Crippen LogP contribution < -0.4 is 10.5 Å². The molecule has 0 radical (unpaired) electrons. The third-order valence-corrected chi connectivity index (χ3v) is 8.01. The average Bonchev–Trinajstić information content (AvgIpc) is 3.10. The van der Waals surface area contributed by atoms with Crippen molar-refractivity contribution in [3.8, 4) is 5.75 Å². The number of unbranched alkanes of at least 4 members (excludes halogenated alkanes) is 1. The van der Waals surface area contributed by atoms with Gasteiger partial charge in [-0.2, -0.15) is 0 Å². The molecule has 0 saturated carbocycles. The first kappa shape index (κ1) is 35.9. The largest absolute Gasteiger partial charge is 0.494 e. The van der Waals surface area contributed by atoms with E-state index in [1.807, 2.05) is 42.6 Å². The van der Waals surface area contributed by atoms with Crippen LogP contribution >= 0.6 is 48.8 Å². The smallest absolute Gasteiger partial charge is 0.320 e. The fourth-order valence-electron chi connectivity index (χ4n) is 5.62. The van der Waals surface area contributed by atoms with Gasteiger partial charge in [0.1, 0.15) is 11.8 Å². The molecule has 1 atom stereocenters. The van der Waals surface area contributed by atoms with Crippen molar-refractivity contribution in [3.63, 3.8) is 0 Å². The van der Waals surface area contributed by atoms with Crippen molar-refractivity contribution in [2.45, 2.75) is 51.0 Å². The van der Waals surface area contributed by atoms with Crippen molar-refractivity contribution in [3.05, 3.63) is 99.3 Å². The van der Waals surface area contributed by atoms with E-state index in [2.05, 4.69) is 23.1 Å². The fraction of sp³-hybridized carbons (Fsp3) is 0.375. The summed E-state index contributed by atoms with van der Waals surface area (Å²) >= 11 is 6.36. The van der Waals surface area contributed by atoms with Crippen molar-refractivity contribution in [1.29, 1.82) is 0 Å². The lowest BCUT2D eigenvalue weighted by atomic mass is 9.88. The molecule has 2 aromatic carbocycles. The Bertz CT molecular complexity index is 1340. The van der Waals surface area contributed by atoms with Crippen LogP contribution in [0.4, 0.5) is 0 Å². The van der Waals surface area contributed by atoms with Gasteiger partial charge in [-0.05, 0) is 104 Å². The highest BCUT2D eigenvalue weighted by Gasteiger charge is 2.25. The number of ether oxygens (including phenoxy) is 1. The average molecular weight is 655 g/mol. The molecule has 6 nitrogen and oxygen atoms in total. The Morgan fingerprint density at radius 2 is 1.69 bits per heavy atom. The molecule has 42 heavy (non-hydrogen) atoms. The van der Waals surface area contributed by atoms with Crippen LogP contribution in [0.5, 0.6) is 5.75 Å². The highest BCUT2D eigenvalue weighted by atomic mass is 35.5. The highest BCUT2D eigenvalue weighted by Crippen LogP contribution is 2.38. The molecule has 3 N–H and O–H groups in total. The standard InChI is InChI=1S/C32H36ClN3O3.3ClH/c33-26-9-12-28-25(21-26)8-7-24-4-3-15-35-31(24)30(28)23-13-17-36(18-14-23)16-1-2-19-39-27-10-5-22(6-11-27)20-29(34)32(37)38;;;/h3-6,9-12,15,21,29H,1-2,7-8,13-14,16-20,34H2,(H,37,38);3*1H. The van der Waals surface area contributed by atoms with E-state index in [1.165, 1.54) is 27.8 Å². The minimum atomic E-state index is -0.987. The van der Waals surface area contributed by atoms with E-state index < -0.39 is 12.0 Å². The molecule has 1 aliphatic heterocycles. The second-order valence-electron chi connectivity index (χ2n) is 10.5. The number of benzene rings is 2. The number of aliphatic carboxylic acids is 1. The van der Waals surface area contributed by atoms with Crippen molar-refractivity contribution in [1.82, 2.24) is 9.88 Å². The molecule has 5 rings (SSSR count). The third-order valence-electron chi connectivity index (χ3n) is 7.78. The Balaban J connectivity index is 0.00000205. The van der Waals surface area contributed by atoms with E-state index in [-0.39, 0.29) is 37.2 Å². The number of carbonyl (C=O) groups is 1. The highest BCUT2D eigenvalue weighted by molar-refractivity contribution is 6.30. The summed E-state index contributed by atoms with van der Waals surface area (Å²) in [6.45, 7) is 3.85. The number of piperidine rings is 1. The number of hydrogen-bond acceptors (Lipinski definition) is 5. The minimum Gasteiger partial charge on any atom is -0.494 e. The van der Waals surface area contributed by atoms with E-state index in [9.17, 15) is 4.79 Å². The van der Waals surface area contributed by atoms with E-state index in [0.29, 0.717) is 13.0 Å². The predicted molar refractivity (Wildman–Crippen MR) is 177 cm³/mol. The maximum Gasteiger partial charge on any atom is 0.320 e. The Morgan fingerprint density at radius 3 is 2.40 bits per heavy atom. The first-order valence-corrected chi connectivity index (χ1v) is 14.2. The van der Waals surface area contributed by atoms with Crippen LogP contribution in [0.1, 0.15) is 53.6 Å². The van der Waals surface area contributed by atoms with Gasteiger partial charge in [-0.3, -0.25) is 9.78 Å². The quantitative estimate of drug-likeness (QED) is 0.247. The van der Waals surface area contributed by atoms with Gasteiger partial charge in [0.2, 0.25) is 0 Å². The van der Waals surface area contributed by atoms with E-state index in [0.717, 1.165) is 80.2 Å². The molecule has 1 aromatic heterocycles. The molecule has 3 aromatic rings. The molecule has 2 aliphatic rings. The second kappa shape index (κ2) is 17.1. The number of nitrogens with zero attached hydrogens (tertiary/aromatic N) is 2. The molecule has 0 spiro atoms. The molecule has 228 valence electrons. The normalized spacial score (nSPS) is 15.1. The number of pyridine rings is 1. The van der Waals surface area contributed by atoms with E-state index >= 15 is 0 Å². The summed E-state index contributed by atoms with van der Waals surface area (Å²) in [6.07, 6.45) is 8.40. The zero-order chi connectivity index (χ0) is 27.2. The van der Waals surface area contributed by atoms with Gasteiger partial charge in [0.25, 0.3) is 0 Å². The molecule has 1 fully saturated rings. The number of rotatable bonds is 9. The Kier molecular flexibility index (Phi) is 14.6. The molecular weight excluding hydrogens is 616 g/mol. The molecular formula is C32H39Cl4N3O3. The number of carboxylic acid groups (broad SMARTS) is 1. The summed E-state index contributed by atoms with van der Waals surface area (Å²) in [5.41, 5.74) is 14.4. The molecule has 0 amide bonds. The van der Waals surface area contributed by atoms with Gasteiger partial charge >= 0.3 is 5.97 Å². The number of fused-ring (bicyclic) bond motifs is 2. The lowest BCUT2D eigenvalue weighted by Gasteiger charge is -2.30. The van der Waals surface area contributed by atoms with Crippen LogP contribution in [0.15, 0.2) is 66.4 Å². The summed E-state index contributed by atoms with van der Waals surface area (Å²) in [6, 6.07) is 17.2. The van der Waals surface area contributed by atoms with Crippen molar-refractivity contribution >= 4 is 60.4 Å². The Hall–Kier alpha value is -2.32. The first-order valence-electron chi connectivity index (χ1n) is 13.9. The van der Waals surface area contributed by atoms with Crippen molar-refractivity contribution < 1.29 is 14.6 Å². The van der Waals surface area contributed by atoms with Gasteiger partial charge in [0.15, 0.2) is 0 Å². The number of carboxylic acids is 1. The summed E-state index contributed by atoms with van der Waals surface area (Å²) < 4.78 is 5.90. The number of aryl methyl sites for hydroxylation is 2. The van der Waals surface area contributed by atoms with Gasteiger partial charge < -0.3 is 20.5 Å². The zero-order valence-electron chi connectivity index (χ0n) is 23.5. The lowest BCUT2D eigenvalue weighted by molar-refractivity contribution is -0.138. The van der Waals surface area contributed by atoms with Crippen LogP contribution in [0.25, 0.3) is 5.57 Å². The summed E-state index contributed by atoms with van der Waals surface area (Å²) in [7, 11) is 0. The number of halogens is 4. The van der Waals surface area contributed by atoms with Crippen LogP contribution in [-0.4, -0.2) is 53.2 Å². The van der Waals surface area contributed by atoms with Gasteiger partial charge in [0.05, 0.1) is 12.3 Å². The molecule has 1 saturated heterocycles. The topological polar surface area (TPSA) is 88.7 Å². The van der Waals surface area contributed by atoms with Gasteiger partial charge in [0, 0.05) is 29.9 Å². The van der Waals surface area contributed by atoms with Crippen LogP contribution in [0.2, 0.25) is 5.02 Å². The van der Waals surface area contributed by atoms with Gasteiger partial charge in [-0.25, -0.2) is 0 Å². The summed E-state index contributed by atoms with van der Waals surface area (Å²) in [5.74, 6) is -0.185. The number of nitrogens with two attached hydrogens (primary N) is 1. The molecule has 10 heteroatoms. The van der Waals surface area contributed by atoms with Crippen LogP contribution in [0.3, 0.4) is 0 Å². The Labute approximate surface area is 271 Å². The second-order valence-corrected chi connectivity index (χ2v) is 10.9. The molecule has 1 unspecified atom stereocenters. The van der Waals surface area contributed by atoms with Crippen LogP contribution in [0, 0.1) is 0 Å². The zero-order valence-corrected chi connectivity index (χ0v) is 26.7. The summed E-state index contributed by atoms with van der Waals surface area (Å²) in [5, 5.41) is 9.76. The van der Waals surface area contributed by atoms with Crippen molar-refractivity contribution in [2.24, 2.45) is 5.73 Å². The molecule has 1 aliphatic carbocycles. The maximum absolute atomic E-state index is 10.9. The van der Waals surface area contributed by atoms with E-state index in [1.54, 1.807) is 0 Å². The van der Waals surface area contributed by atoms with Gasteiger partial charge in [-0.15, -0.1) is 37.2 Å². The monoisotopic (exact) mass is 653 g/mol. The van der Waals surface area contributed by atoms with E-state index in [4.69, 9.17) is 32.2 Å². The number of hydrogen-bond donors (Lipinski definition) is 2. The molecule has 0 bridgehead atoms. The fourth-order valence-corrected chi connectivity index (χ4v) is 5.82. The summed E-state index contributed by atoms with van der Waals surface area (Å²) in [4.78, 5) is 18.3. The van der Waals surface area contributed by atoms with Crippen LogP contribution in [-0.2, 0) is 24.1 Å². The predicted octanol–water partition coefficient (Wildman–Crippen LogP) is 6.81. The first-order chi connectivity index (χ1) is 19.0. The number of aromatic nitrogens is 1. The lowest BCUT2D eigenvalue weighted by Crippen LogP contribution is -2.32.